The summed E-state index contributed by atoms with van der Waals surface area (Å²) in [5.74, 6) is -0.0917. The van der Waals surface area contributed by atoms with Crippen LogP contribution in [0.25, 0.3) is 0 Å². The van der Waals surface area contributed by atoms with Crippen molar-refractivity contribution in [2.45, 2.75) is 64.6 Å². The summed E-state index contributed by atoms with van der Waals surface area (Å²) >= 11 is 0. The maximum atomic E-state index is 14.2. The Morgan fingerprint density at radius 1 is 1.29 bits per heavy atom. The monoisotopic (exact) mass is 292 g/mol. The normalized spacial score (nSPS) is 24.4. The Morgan fingerprint density at radius 3 is 2.71 bits per heavy atom. The number of halogens is 1. The predicted molar refractivity (Wildman–Crippen MR) is 86.9 cm³/mol. The minimum Gasteiger partial charge on any atom is -0.309 e. The van der Waals surface area contributed by atoms with E-state index < -0.39 is 0 Å². The van der Waals surface area contributed by atoms with Crippen molar-refractivity contribution >= 4 is 0 Å². The Labute approximate surface area is 128 Å². The molecule has 0 aromatic heterocycles. The lowest BCUT2D eigenvalue weighted by Crippen LogP contribution is -2.41. The van der Waals surface area contributed by atoms with Gasteiger partial charge in [-0.05, 0) is 45.2 Å². The molecule has 0 radical (unpaired) electrons. The Balaban J connectivity index is 2.14. The molecule has 2 rings (SSSR count). The average Bonchev–Trinajstić information content (AvgIpc) is 2.84. The molecule has 21 heavy (non-hydrogen) atoms. The Bertz CT molecular complexity index is 435. The molecule has 3 atom stereocenters. The van der Waals surface area contributed by atoms with Crippen molar-refractivity contribution < 1.29 is 4.39 Å². The number of nitrogens with zero attached hydrogens (tertiary/aromatic N) is 1. The molecular weight excluding hydrogens is 263 g/mol. The summed E-state index contributed by atoms with van der Waals surface area (Å²) in [6.45, 7) is 8.54. The smallest absolute Gasteiger partial charge is 0.128 e. The summed E-state index contributed by atoms with van der Waals surface area (Å²) in [6.07, 6.45) is 4.78. The predicted octanol–water partition coefficient (Wildman–Crippen LogP) is 4.13. The van der Waals surface area contributed by atoms with Gasteiger partial charge in [-0.2, -0.15) is 0 Å². The molecule has 1 aliphatic rings. The third kappa shape index (κ3) is 4.04. The van der Waals surface area contributed by atoms with Crippen LogP contribution < -0.4 is 5.32 Å². The molecule has 0 saturated carbocycles. The third-order valence-electron chi connectivity index (χ3n) is 4.74. The third-order valence-corrected chi connectivity index (χ3v) is 4.74. The molecule has 1 N–H and O–H groups in total. The first-order chi connectivity index (χ1) is 10.2. The second kappa shape index (κ2) is 7.90. The highest BCUT2D eigenvalue weighted by molar-refractivity contribution is 5.21. The first kappa shape index (κ1) is 16.4. The van der Waals surface area contributed by atoms with Gasteiger partial charge in [0.05, 0.1) is 0 Å². The van der Waals surface area contributed by atoms with Crippen LogP contribution in [-0.2, 0) is 0 Å². The molecule has 2 nitrogen and oxygen atoms in total. The van der Waals surface area contributed by atoms with E-state index in [2.05, 4.69) is 31.0 Å². The Morgan fingerprint density at radius 2 is 2.05 bits per heavy atom. The molecule has 1 fully saturated rings. The van der Waals surface area contributed by atoms with Crippen molar-refractivity contribution in [3.8, 4) is 0 Å². The lowest BCUT2D eigenvalue weighted by Gasteiger charge is -2.32. The van der Waals surface area contributed by atoms with Crippen molar-refractivity contribution in [1.29, 1.82) is 0 Å². The summed E-state index contributed by atoms with van der Waals surface area (Å²) in [5.41, 5.74) is 0.805. The van der Waals surface area contributed by atoms with Gasteiger partial charge in [-0.1, -0.05) is 32.0 Å². The quantitative estimate of drug-likeness (QED) is 0.813. The molecular formula is C18H29FN2. The van der Waals surface area contributed by atoms with E-state index in [-0.39, 0.29) is 11.9 Å². The number of benzene rings is 1. The van der Waals surface area contributed by atoms with E-state index in [4.69, 9.17) is 0 Å². The summed E-state index contributed by atoms with van der Waals surface area (Å²) in [6, 6.07) is 8.53. The molecule has 1 heterocycles. The van der Waals surface area contributed by atoms with Gasteiger partial charge in [0, 0.05) is 30.2 Å². The zero-order valence-corrected chi connectivity index (χ0v) is 13.6. The Kier molecular flexibility index (Phi) is 6.19. The number of rotatable bonds is 7. The van der Waals surface area contributed by atoms with Gasteiger partial charge in [0.1, 0.15) is 5.82 Å². The van der Waals surface area contributed by atoms with E-state index in [1.165, 1.54) is 19.3 Å². The molecule has 1 aromatic carbocycles. The van der Waals surface area contributed by atoms with Gasteiger partial charge in [-0.15, -0.1) is 0 Å². The zero-order valence-electron chi connectivity index (χ0n) is 13.6. The zero-order chi connectivity index (χ0) is 15.2. The van der Waals surface area contributed by atoms with Crippen LogP contribution in [0.3, 0.4) is 0 Å². The van der Waals surface area contributed by atoms with Gasteiger partial charge in [-0.25, -0.2) is 4.39 Å². The van der Waals surface area contributed by atoms with E-state index in [1.807, 2.05) is 12.1 Å². The van der Waals surface area contributed by atoms with Gasteiger partial charge in [0.25, 0.3) is 0 Å². The highest BCUT2D eigenvalue weighted by Crippen LogP contribution is 2.29. The van der Waals surface area contributed by atoms with Crippen molar-refractivity contribution in [2.24, 2.45) is 0 Å². The molecule has 3 heteroatoms. The van der Waals surface area contributed by atoms with Crippen LogP contribution in [0.15, 0.2) is 24.3 Å². The minimum atomic E-state index is -0.0917. The van der Waals surface area contributed by atoms with E-state index >= 15 is 0 Å². The molecule has 1 saturated heterocycles. The number of hydrogen-bond acceptors (Lipinski definition) is 2. The van der Waals surface area contributed by atoms with Crippen LogP contribution in [-0.4, -0.2) is 30.1 Å². The molecule has 0 aliphatic carbocycles. The molecule has 3 unspecified atom stereocenters. The molecule has 118 valence electrons. The lowest BCUT2D eigenvalue weighted by atomic mass is 10.0. The summed E-state index contributed by atoms with van der Waals surface area (Å²) in [4.78, 5) is 2.57. The summed E-state index contributed by atoms with van der Waals surface area (Å²) in [7, 11) is 0. The van der Waals surface area contributed by atoms with Crippen LogP contribution in [0, 0.1) is 5.82 Å². The lowest BCUT2D eigenvalue weighted by molar-refractivity contribution is 0.175. The topological polar surface area (TPSA) is 15.3 Å². The maximum absolute atomic E-state index is 14.2. The molecule has 1 aromatic rings. The van der Waals surface area contributed by atoms with Crippen LogP contribution in [0.2, 0.25) is 0 Å². The van der Waals surface area contributed by atoms with E-state index in [0.717, 1.165) is 25.1 Å². The SMILES string of the molecule is CCCNC(CN1C(C)CCC1CC)c1ccccc1F. The van der Waals surface area contributed by atoms with Crippen molar-refractivity contribution in [1.82, 2.24) is 10.2 Å². The fourth-order valence-corrected chi connectivity index (χ4v) is 3.45. The van der Waals surface area contributed by atoms with Crippen LogP contribution in [0.5, 0.6) is 0 Å². The highest BCUT2D eigenvalue weighted by Gasteiger charge is 2.31. The van der Waals surface area contributed by atoms with E-state index in [9.17, 15) is 4.39 Å². The van der Waals surface area contributed by atoms with Crippen molar-refractivity contribution in [3.05, 3.63) is 35.6 Å². The van der Waals surface area contributed by atoms with Gasteiger partial charge >= 0.3 is 0 Å². The standard InChI is InChI=1S/C18H29FN2/c1-4-12-20-18(16-8-6-7-9-17(16)19)13-21-14(3)10-11-15(21)5-2/h6-9,14-15,18,20H,4-5,10-13H2,1-3H3. The second-order valence-electron chi connectivity index (χ2n) is 6.21. The van der Waals surface area contributed by atoms with Crippen LogP contribution in [0.4, 0.5) is 4.39 Å². The second-order valence-corrected chi connectivity index (χ2v) is 6.21. The average molecular weight is 292 g/mol. The van der Waals surface area contributed by atoms with Gasteiger partial charge in [0.2, 0.25) is 0 Å². The summed E-state index contributed by atoms with van der Waals surface area (Å²) < 4.78 is 14.2. The maximum Gasteiger partial charge on any atom is 0.128 e. The highest BCUT2D eigenvalue weighted by atomic mass is 19.1. The summed E-state index contributed by atoms with van der Waals surface area (Å²) in [5, 5.41) is 3.54. The molecule has 0 spiro atoms. The Hall–Kier alpha value is -0.930. The van der Waals surface area contributed by atoms with Gasteiger partial charge < -0.3 is 5.32 Å². The van der Waals surface area contributed by atoms with Crippen molar-refractivity contribution in [2.75, 3.05) is 13.1 Å². The van der Waals surface area contributed by atoms with E-state index in [0.29, 0.717) is 12.1 Å². The van der Waals surface area contributed by atoms with Crippen molar-refractivity contribution in [3.63, 3.8) is 0 Å². The minimum absolute atomic E-state index is 0.0840. The molecule has 0 amide bonds. The van der Waals surface area contributed by atoms with Gasteiger partial charge in [0.15, 0.2) is 0 Å². The largest absolute Gasteiger partial charge is 0.309 e. The molecule has 0 bridgehead atoms. The van der Waals surface area contributed by atoms with Gasteiger partial charge in [-0.3, -0.25) is 4.90 Å². The first-order valence-electron chi connectivity index (χ1n) is 8.40. The number of likely N-dealkylation sites (tertiary alicyclic amines) is 1. The molecule has 1 aliphatic heterocycles. The van der Waals surface area contributed by atoms with Crippen LogP contribution >= 0.6 is 0 Å². The van der Waals surface area contributed by atoms with E-state index in [1.54, 1.807) is 12.1 Å². The number of hydrogen-bond donors (Lipinski definition) is 1. The fourth-order valence-electron chi connectivity index (χ4n) is 3.45. The first-order valence-corrected chi connectivity index (χ1v) is 8.40. The fraction of sp³-hybridized carbons (Fsp3) is 0.667. The van der Waals surface area contributed by atoms with Crippen LogP contribution in [0.1, 0.15) is 58.1 Å². The number of nitrogens with one attached hydrogen (secondary N) is 1.